The fourth-order valence-electron chi connectivity index (χ4n) is 2.15. The fraction of sp³-hybridized carbons (Fsp3) is 0.0833. The van der Waals surface area contributed by atoms with Crippen molar-refractivity contribution in [2.24, 2.45) is 7.05 Å². The summed E-state index contributed by atoms with van der Waals surface area (Å²) in [6.07, 6.45) is 1.67. The molecular weight excluding hydrogens is 224 g/mol. The van der Waals surface area contributed by atoms with Crippen LogP contribution in [0.3, 0.4) is 0 Å². The molecule has 16 heavy (non-hydrogen) atoms. The zero-order chi connectivity index (χ0) is 11.3. The fourth-order valence-corrected chi connectivity index (χ4v) is 2.32. The molecule has 0 atom stereocenters. The monoisotopic (exact) mass is 232 g/mol. The Morgan fingerprint density at radius 2 is 2.06 bits per heavy atom. The lowest BCUT2D eigenvalue weighted by molar-refractivity contribution is 0.999. The predicted molar refractivity (Wildman–Crippen MR) is 66.1 cm³/mol. The van der Waals surface area contributed by atoms with Crippen molar-refractivity contribution in [2.75, 3.05) is 0 Å². The highest BCUT2D eigenvalue weighted by Gasteiger charge is 2.10. The van der Waals surface area contributed by atoms with Gasteiger partial charge in [0.2, 0.25) is 0 Å². The topological polar surface area (TPSA) is 37.8 Å². The second-order valence-electron chi connectivity index (χ2n) is 3.79. The number of aromatic nitrogens is 2. The Hall–Kier alpha value is -1.74. The van der Waals surface area contributed by atoms with Crippen molar-refractivity contribution >= 4 is 33.4 Å². The van der Waals surface area contributed by atoms with Crippen molar-refractivity contribution in [3.63, 3.8) is 0 Å². The number of benzene rings is 1. The summed E-state index contributed by atoms with van der Waals surface area (Å²) in [6.45, 7) is 0. The van der Waals surface area contributed by atoms with Crippen molar-refractivity contribution in [2.45, 2.75) is 0 Å². The summed E-state index contributed by atoms with van der Waals surface area (Å²) in [7, 11) is 1.87. The molecule has 4 heteroatoms. The van der Waals surface area contributed by atoms with E-state index in [4.69, 9.17) is 11.6 Å². The van der Waals surface area contributed by atoms with Gasteiger partial charge >= 0.3 is 0 Å². The molecule has 0 saturated carbocycles. The third-order valence-electron chi connectivity index (χ3n) is 2.88. The number of aromatic amines is 1. The van der Waals surface area contributed by atoms with E-state index in [0.717, 1.165) is 16.3 Å². The van der Waals surface area contributed by atoms with Crippen LogP contribution < -0.4 is 5.56 Å². The summed E-state index contributed by atoms with van der Waals surface area (Å²) in [5.74, 6) is 0. The Morgan fingerprint density at radius 1 is 1.25 bits per heavy atom. The number of pyridine rings is 1. The van der Waals surface area contributed by atoms with Crippen LogP contribution in [0, 0.1) is 0 Å². The Kier molecular flexibility index (Phi) is 1.85. The van der Waals surface area contributed by atoms with Gasteiger partial charge in [0.15, 0.2) is 0 Å². The van der Waals surface area contributed by atoms with E-state index in [-0.39, 0.29) is 5.56 Å². The number of hydrogen-bond acceptors (Lipinski definition) is 1. The summed E-state index contributed by atoms with van der Waals surface area (Å²) < 4.78 is 1.87. The van der Waals surface area contributed by atoms with Crippen molar-refractivity contribution in [1.29, 1.82) is 0 Å². The molecule has 0 radical (unpaired) electrons. The standard InChI is InChI=1S/C12H9ClN2O/c1-15-10-6-7(13)2-3-8(10)9-4-5-14-12(16)11(9)15/h2-6H,1H3,(H,14,16). The average Bonchev–Trinajstić information content (AvgIpc) is 2.54. The van der Waals surface area contributed by atoms with Gasteiger partial charge in [0.1, 0.15) is 5.52 Å². The van der Waals surface area contributed by atoms with Gasteiger partial charge in [-0.05, 0) is 18.2 Å². The van der Waals surface area contributed by atoms with Crippen LogP contribution in [0.2, 0.25) is 5.02 Å². The first-order valence-corrected chi connectivity index (χ1v) is 5.31. The van der Waals surface area contributed by atoms with Crippen molar-refractivity contribution in [3.8, 4) is 0 Å². The van der Waals surface area contributed by atoms with Crippen molar-refractivity contribution in [1.82, 2.24) is 9.55 Å². The van der Waals surface area contributed by atoms with Gasteiger partial charge in [-0.2, -0.15) is 0 Å². The van der Waals surface area contributed by atoms with E-state index < -0.39 is 0 Å². The summed E-state index contributed by atoms with van der Waals surface area (Å²) in [5, 5.41) is 2.68. The number of fused-ring (bicyclic) bond motifs is 3. The highest BCUT2D eigenvalue weighted by Crippen LogP contribution is 2.27. The van der Waals surface area contributed by atoms with Crippen LogP contribution in [0.5, 0.6) is 0 Å². The second kappa shape index (κ2) is 3.12. The van der Waals surface area contributed by atoms with E-state index in [1.54, 1.807) is 6.20 Å². The van der Waals surface area contributed by atoms with E-state index in [0.29, 0.717) is 10.5 Å². The molecule has 0 fully saturated rings. The molecule has 0 spiro atoms. The number of H-pyrrole nitrogens is 1. The molecule has 0 aliphatic carbocycles. The van der Waals surface area contributed by atoms with Gasteiger partial charge in [-0.3, -0.25) is 4.79 Å². The minimum Gasteiger partial charge on any atom is -0.339 e. The molecule has 1 aromatic carbocycles. The quantitative estimate of drug-likeness (QED) is 0.636. The van der Waals surface area contributed by atoms with Gasteiger partial charge in [-0.1, -0.05) is 17.7 Å². The number of nitrogens with zero attached hydrogens (tertiary/aromatic N) is 1. The molecule has 2 aromatic heterocycles. The normalized spacial score (nSPS) is 11.4. The molecule has 3 nitrogen and oxygen atoms in total. The number of nitrogens with one attached hydrogen (secondary N) is 1. The van der Waals surface area contributed by atoms with Gasteiger partial charge < -0.3 is 9.55 Å². The smallest absolute Gasteiger partial charge is 0.272 e. The third kappa shape index (κ3) is 1.12. The average molecular weight is 233 g/mol. The van der Waals surface area contributed by atoms with Gasteiger partial charge in [0.05, 0.1) is 5.52 Å². The number of halogens is 1. The zero-order valence-corrected chi connectivity index (χ0v) is 9.38. The maximum absolute atomic E-state index is 11.7. The lowest BCUT2D eigenvalue weighted by atomic mass is 10.2. The van der Waals surface area contributed by atoms with Gasteiger partial charge in [-0.15, -0.1) is 0 Å². The molecule has 0 bridgehead atoms. The first kappa shape index (κ1) is 9.48. The summed E-state index contributed by atoms with van der Waals surface area (Å²) in [5.41, 5.74) is 1.58. The zero-order valence-electron chi connectivity index (χ0n) is 8.62. The van der Waals surface area contributed by atoms with E-state index in [1.807, 2.05) is 35.9 Å². The van der Waals surface area contributed by atoms with E-state index in [9.17, 15) is 4.79 Å². The number of hydrogen-bond donors (Lipinski definition) is 1. The third-order valence-corrected chi connectivity index (χ3v) is 3.12. The lowest BCUT2D eigenvalue weighted by Crippen LogP contribution is -2.07. The summed E-state index contributed by atoms with van der Waals surface area (Å²) in [4.78, 5) is 14.4. The van der Waals surface area contributed by atoms with Gasteiger partial charge in [0, 0.05) is 29.0 Å². The molecule has 80 valence electrons. The molecule has 1 N–H and O–H groups in total. The Labute approximate surface area is 96.3 Å². The molecule has 0 aliphatic heterocycles. The first-order valence-electron chi connectivity index (χ1n) is 4.94. The lowest BCUT2D eigenvalue weighted by Gasteiger charge is -1.96. The SMILES string of the molecule is Cn1c2cc(Cl)ccc2c2cc[nH]c(=O)c21. The number of rotatable bonds is 0. The second-order valence-corrected chi connectivity index (χ2v) is 4.23. The van der Waals surface area contributed by atoms with Crippen molar-refractivity contribution in [3.05, 3.63) is 45.8 Å². The van der Waals surface area contributed by atoms with E-state index in [1.165, 1.54) is 0 Å². The first-order chi connectivity index (χ1) is 7.68. The number of aryl methyl sites for hydroxylation is 1. The van der Waals surface area contributed by atoms with E-state index in [2.05, 4.69) is 4.98 Å². The molecule has 0 amide bonds. The van der Waals surface area contributed by atoms with Crippen LogP contribution in [0.25, 0.3) is 21.8 Å². The molecular formula is C12H9ClN2O. The predicted octanol–water partition coefficient (Wildman–Crippen LogP) is 2.67. The largest absolute Gasteiger partial charge is 0.339 e. The maximum Gasteiger partial charge on any atom is 0.272 e. The highest BCUT2D eigenvalue weighted by molar-refractivity contribution is 6.31. The minimum absolute atomic E-state index is 0.0766. The molecule has 0 aliphatic rings. The molecule has 0 saturated heterocycles. The van der Waals surface area contributed by atoms with Crippen LogP contribution in [0.15, 0.2) is 35.3 Å². The van der Waals surface area contributed by atoms with Crippen LogP contribution in [-0.2, 0) is 7.05 Å². The van der Waals surface area contributed by atoms with Crippen LogP contribution in [0.1, 0.15) is 0 Å². The molecule has 0 unspecified atom stereocenters. The Morgan fingerprint density at radius 3 is 2.88 bits per heavy atom. The van der Waals surface area contributed by atoms with Crippen LogP contribution in [0.4, 0.5) is 0 Å². The molecule has 3 aromatic rings. The van der Waals surface area contributed by atoms with Crippen LogP contribution >= 0.6 is 11.6 Å². The summed E-state index contributed by atoms with van der Waals surface area (Å²) >= 11 is 5.96. The molecule has 3 rings (SSSR count). The summed E-state index contributed by atoms with van der Waals surface area (Å²) in [6, 6.07) is 7.56. The Balaban J connectivity index is 2.70. The van der Waals surface area contributed by atoms with Crippen molar-refractivity contribution < 1.29 is 0 Å². The molecule has 2 heterocycles. The highest BCUT2D eigenvalue weighted by atomic mass is 35.5. The van der Waals surface area contributed by atoms with Gasteiger partial charge in [-0.25, -0.2) is 0 Å². The van der Waals surface area contributed by atoms with E-state index >= 15 is 0 Å². The van der Waals surface area contributed by atoms with Gasteiger partial charge in [0.25, 0.3) is 5.56 Å². The maximum atomic E-state index is 11.7. The minimum atomic E-state index is -0.0766. The van der Waals surface area contributed by atoms with Crippen LogP contribution in [-0.4, -0.2) is 9.55 Å². The Bertz CT molecular complexity index is 755.